The number of anilines is 4. The van der Waals surface area contributed by atoms with E-state index in [9.17, 15) is 4.79 Å². The highest BCUT2D eigenvalue weighted by Gasteiger charge is 2.19. The van der Waals surface area contributed by atoms with Gasteiger partial charge in [-0.2, -0.15) is 0 Å². The number of carbonyl (C=O) groups excluding carboxylic acids is 1. The van der Waals surface area contributed by atoms with Gasteiger partial charge in [0, 0.05) is 49.5 Å². The van der Waals surface area contributed by atoms with Crippen molar-refractivity contribution in [3.8, 4) is 17.0 Å². The molecule has 0 saturated heterocycles. The van der Waals surface area contributed by atoms with E-state index in [1.54, 1.807) is 19.4 Å². The third-order valence-corrected chi connectivity index (χ3v) is 6.51. The number of benzene rings is 2. The maximum absolute atomic E-state index is 12.1. The van der Waals surface area contributed by atoms with Gasteiger partial charge in [0.2, 0.25) is 11.9 Å². The van der Waals surface area contributed by atoms with Gasteiger partial charge in [-0.05, 0) is 43.5 Å². The molecule has 1 radical (unpaired) electrons. The summed E-state index contributed by atoms with van der Waals surface area (Å²) in [6, 6.07) is 12.1. The lowest BCUT2D eigenvalue weighted by Gasteiger charge is -2.23. The summed E-state index contributed by atoms with van der Waals surface area (Å²) in [5.74, 6) is 0.705. The van der Waals surface area contributed by atoms with Gasteiger partial charge in [-0.15, -0.1) is 0 Å². The van der Waals surface area contributed by atoms with Crippen molar-refractivity contribution in [3.05, 3.63) is 73.9 Å². The zero-order valence-electron chi connectivity index (χ0n) is 20.5. The highest BCUT2D eigenvalue weighted by molar-refractivity contribution is 6.02. The predicted octanol–water partition coefficient (Wildman–Crippen LogP) is 5.19. The molecule has 4 aromatic rings. The van der Waals surface area contributed by atoms with Crippen LogP contribution < -0.4 is 20.3 Å². The lowest BCUT2D eigenvalue weighted by molar-refractivity contribution is -0.111. The standard InChI is InChI=1S/C28H29N6O2/c1-5-26(35)30-22-15-23(25(36-4)16-24(22)33(3)6-2)32-28-29-13-12-21(31-28)20-17-34-14-8-10-18-9-7-11-19(20)27(18)34/h5,7,9,11-13,15-17H,1-2,6,8,10,14H2,3-4H3,(H,30,35)(H,29,31,32). The molecule has 183 valence electrons. The van der Waals surface area contributed by atoms with Gasteiger partial charge in [-0.25, -0.2) is 9.97 Å². The van der Waals surface area contributed by atoms with Crippen LogP contribution in [0.2, 0.25) is 0 Å². The van der Waals surface area contributed by atoms with Gasteiger partial charge in [-0.1, -0.05) is 24.8 Å². The van der Waals surface area contributed by atoms with E-state index in [1.807, 2.05) is 24.1 Å². The van der Waals surface area contributed by atoms with E-state index in [0.717, 1.165) is 36.3 Å². The molecule has 5 rings (SSSR count). The molecule has 8 heteroatoms. The van der Waals surface area contributed by atoms with E-state index in [2.05, 4.69) is 58.1 Å². The fraction of sp³-hybridized carbons (Fsp3) is 0.214. The maximum atomic E-state index is 12.1. The minimum atomic E-state index is -0.309. The SMILES string of the molecule is [CH2]CN(C)c1cc(OC)c(Nc2nccc(-c3cn4c5c(cccc35)CCC4)n2)cc1NC(=O)C=C. The Labute approximate surface area is 210 Å². The second-order valence-corrected chi connectivity index (χ2v) is 8.73. The minimum absolute atomic E-state index is 0.309. The van der Waals surface area contributed by atoms with Crippen molar-refractivity contribution in [1.82, 2.24) is 14.5 Å². The third-order valence-electron chi connectivity index (χ3n) is 6.51. The number of hydrogen-bond acceptors (Lipinski definition) is 6. The van der Waals surface area contributed by atoms with Crippen molar-refractivity contribution in [2.45, 2.75) is 19.4 Å². The number of ether oxygens (including phenoxy) is 1. The lowest BCUT2D eigenvalue weighted by Crippen LogP contribution is -2.19. The summed E-state index contributed by atoms with van der Waals surface area (Å²) in [5.41, 5.74) is 6.58. The van der Waals surface area contributed by atoms with Gasteiger partial charge in [0.05, 0.1) is 35.4 Å². The van der Waals surface area contributed by atoms with Crippen molar-refractivity contribution < 1.29 is 9.53 Å². The molecular weight excluding hydrogens is 452 g/mol. The minimum Gasteiger partial charge on any atom is -0.494 e. The number of carbonyl (C=O) groups is 1. The number of hydrogen-bond donors (Lipinski definition) is 2. The summed E-state index contributed by atoms with van der Waals surface area (Å²) < 4.78 is 7.98. The molecule has 0 unspecified atom stereocenters. The molecule has 0 aliphatic carbocycles. The van der Waals surface area contributed by atoms with Gasteiger partial charge in [0.1, 0.15) is 5.75 Å². The molecule has 3 heterocycles. The Morgan fingerprint density at radius 1 is 1.28 bits per heavy atom. The summed E-state index contributed by atoms with van der Waals surface area (Å²) in [5, 5.41) is 7.34. The molecule has 2 aromatic heterocycles. The van der Waals surface area contributed by atoms with Crippen LogP contribution in [-0.4, -0.2) is 41.1 Å². The molecule has 2 N–H and O–H groups in total. The lowest BCUT2D eigenvalue weighted by atomic mass is 10.0. The number of aromatic nitrogens is 3. The highest BCUT2D eigenvalue weighted by Crippen LogP contribution is 2.39. The molecule has 1 aliphatic rings. The highest BCUT2D eigenvalue weighted by atomic mass is 16.5. The summed E-state index contributed by atoms with van der Waals surface area (Å²) in [6.45, 7) is 9.01. The fourth-order valence-corrected chi connectivity index (χ4v) is 4.71. The first-order valence-electron chi connectivity index (χ1n) is 11.9. The molecule has 1 aliphatic heterocycles. The topological polar surface area (TPSA) is 84.3 Å². The van der Waals surface area contributed by atoms with Crippen LogP contribution in [0, 0.1) is 6.92 Å². The van der Waals surface area contributed by atoms with Crippen LogP contribution in [0.3, 0.4) is 0 Å². The molecule has 1 amide bonds. The molecule has 0 bridgehead atoms. The summed E-state index contributed by atoms with van der Waals surface area (Å²) in [7, 11) is 3.49. The Hall–Kier alpha value is -4.33. The van der Waals surface area contributed by atoms with Crippen molar-refractivity contribution in [2.75, 3.05) is 36.2 Å². The number of aryl methyl sites for hydroxylation is 2. The van der Waals surface area contributed by atoms with Gasteiger partial charge in [-0.3, -0.25) is 4.79 Å². The number of para-hydroxylation sites is 1. The molecule has 0 spiro atoms. The van der Waals surface area contributed by atoms with E-state index in [1.165, 1.54) is 22.5 Å². The number of amides is 1. The Kier molecular flexibility index (Phi) is 6.33. The van der Waals surface area contributed by atoms with Crippen LogP contribution in [0.1, 0.15) is 12.0 Å². The fourth-order valence-electron chi connectivity index (χ4n) is 4.71. The van der Waals surface area contributed by atoms with Gasteiger partial charge in [0.15, 0.2) is 0 Å². The van der Waals surface area contributed by atoms with Crippen LogP contribution in [0.15, 0.2) is 61.4 Å². The van der Waals surface area contributed by atoms with Crippen LogP contribution in [0.5, 0.6) is 5.75 Å². The molecule has 8 nitrogen and oxygen atoms in total. The largest absolute Gasteiger partial charge is 0.494 e. The smallest absolute Gasteiger partial charge is 0.247 e. The van der Waals surface area contributed by atoms with Crippen molar-refractivity contribution in [1.29, 1.82) is 0 Å². The Morgan fingerprint density at radius 3 is 2.92 bits per heavy atom. The summed E-state index contributed by atoms with van der Waals surface area (Å²) in [6.07, 6.45) is 7.40. The van der Waals surface area contributed by atoms with Gasteiger partial charge in [0.25, 0.3) is 0 Å². The van der Waals surface area contributed by atoms with Crippen molar-refractivity contribution in [2.24, 2.45) is 0 Å². The maximum Gasteiger partial charge on any atom is 0.247 e. The molecular formula is C28H29N6O2. The molecule has 36 heavy (non-hydrogen) atoms. The molecule has 0 saturated carbocycles. The van der Waals surface area contributed by atoms with Crippen molar-refractivity contribution in [3.63, 3.8) is 0 Å². The number of nitrogens with zero attached hydrogens (tertiary/aromatic N) is 4. The summed E-state index contributed by atoms with van der Waals surface area (Å²) in [4.78, 5) is 23.3. The van der Waals surface area contributed by atoms with E-state index < -0.39 is 0 Å². The van der Waals surface area contributed by atoms with Crippen LogP contribution in [-0.2, 0) is 17.8 Å². The van der Waals surface area contributed by atoms with Crippen LogP contribution >= 0.6 is 0 Å². The average molecular weight is 482 g/mol. The number of methoxy groups -OCH3 is 1. The Bertz CT molecular complexity index is 1460. The van der Waals surface area contributed by atoms with E-state index in [4.69, 9.17) is 9.72 Å². The van der Waals surface area contributed by atoms with Crippen LogP contribution in [0.4, 0.5) is 23.0 Å². The normalized spacial score (nSPS) is 12.3. The average Bonchev–Trinajstić information content (AvgIpc) is 3.29. The Balaban J connectivity index is 1.53. The van der Waals surface area contributed by atoms with E-state index >= 15 is 0 Å². The van der Waals surface area contributed by atoms with Gasteiger partial charge < -0.3 is 24.8 Å². The predicted molar refractivity (Wildman–Crippen MR) is 145 cm³/mol. The Morgan fingerprint density at radius 2 is 2.14 bits per heavy atom. The molecule has 2 aromatic carbocycles. The first kappa shape index (κ1) is 23.4. The quantitative estimate of drug-likeness (QED) is 0.337. The second-order valence-electron chi connectivity index (χ2n) is 8.73. The van der Waals surface area contributed by atoms with E-state index in [-0.39, 0.29) is 5.91 Å². The summed E-state index contributed by atoms with van der Waals surface area (Å²) >= 11 is 0. The molecule has 0 fully saturated rings. The molecule has 0 atom stereocenters. The zero-order chi connectivity index (χ0) is 25.2. The van der Waals surface area contributed by atoms with E-state index in [0.29, 0.717) is 29.6 Å². The third kappa shape index (κ3) is 4.26. The first-order chi connectivity index (χ1) is 17.5. The van der Waals surface area contributed by atoms with Crippen LogP contribution in [0.25, 0.3) is 22.2 Å². The monoisotopic (exact) mass is 481 g/mol. The first-order valence-corrected chi connectivity index (χ1v) is 11.9. The van der Waals surface area contributed by atoms with Gasteiger partial charge >= 0.3 is 0 Å². The second kappa shape index (κ2) is 9.73. The zero-order valence-corrected chi connectivity index (χ0v) is 20.5. The van der Waals surface area contributed by atoms with Crippen molar-refractivity contribution >= 4 is 39.8 Å². The number of rotatable bonds is 8. The number of nitrogens with one attached hydrogen (secondary N) is 2.